The van der Waals surface area contributed by atoms with Crippen molar-refractivity contribution in [3.05, 3.63) is 29.8 Å². The van der Waals surface area contributed by atoms with Gasteiger partial charge in [0.05, 0.1) is 13.1 Å². The number of primary amides is 1. The smallest absolute Gasteiger partial charge is 0.248 e. The molecule has 0 unspecified atom stereocenters. The second-order valence-electron chi connectivity index (χ2n) is 5.62. The van der Waals surface area contributed by atoms with Crippen molar-refractivity contribution in [1.29, 1.82) is 0 Å². The molecule has 0 radical (unpaired) electrons. The molecule has 1 aromatic carbocycles. The van der Waals surface area contributed by atoms with Crippen molar-refractivity contribution < 1.29 is 9.59 Å². The molecule has 0 aliphatic rings. The fourth-order valence-electron chi connectivity index (χ4n) is 2.27. The minimum Gasteiger partial charge on any atom is -0.366 e. The molecule has 26 heavy (non-hydrogen) atoms. The molecule has 142 valence electrons. The molecule has 0 aliphatic carbocycles. The summed E-state index contributed by atoms with van der Waals surface area (Å²) >= 11 is 0. The molecule has 0 aliphatic heterocycles. The highest BCUT2D eigenvalue weighted by Gasteiger charge is 2.07. The largest absolute Gasteiger partial charge is 0.366 e. The van der Waals surface area contributed by atoms with Gasteiger partial charge in [-0.15, -0.1) is 22.6 Å². The highest BCUT2D eigenvalue weighted by atomic mass is 35.5. The number of halogens is 1. The Morgan fingerprint density at radius 3 is 2.42 bits per heavy atom. The van der Waals surface area contributed by atoms with Gasteiger partial charge < -0.3 is 16.8 Å². The van der Waals surface area contributed by atoms with E-state index >= 15 is 0 Å². The zero-order valence-electron chi connectivity index (χ0n) is 14.4. The van der Waals surface area contributed by atoms with E-state index in [9.17, 15) is 9.59 Å². The Balaban J connectivity index is 0.00000338. The normalized spacial score (nSPS) is 10.2. The Bertz CT molecular complexity index is 703. The zero-order valence-corrected chi connectivity index (χ0v) is 15.2. The molecule has 1 heterocycles. The SMILES string of the molecule is Cl.NCC(=O)NCCCCCCn1nnc(-c2ccc(C(N)=O)cc2)n1. The molecule has 0 bridgehead atoms. The summed E-state index contributed by atoms with van der Waals surface area (Å²) in [6, 6.07) is 6.78. The number of hydrogen-bond acceptors (Lipinski definition) is 6. The fourth-order valence-corrected chi connectivity index (χ4v) is 2.27. The first-order chi connectivity index (χ1) is 12.1. The van der Waals surface area contributed by atoms with Crippen molar-refractivity contribution in [3.8, 4) is 11.4 Å². The lowest BCUT2D eigenvalue weighted by Gasteiger charge is -2.03. The van der Waals surface area contributed by atoms with Crippen molar-refractivity contribution in [1.82, 2.24) is 25.5 Å². The standard InChI is InChI=1S/C16H23N7O2.ClH/c17-11-14(24)19-9-3-1-2-4-10-23-21-16(20-22-23)13-7-5-12(6-8-13)15(18)25;/h5-8H,1-4,9-11,17H2,(H2,18,25)(H,19,24);1H. The molecule has 0 spiro atoms. The maximum absolute atomic E-state index is 11.1. The summed E-state index contributed by atoms with van der Waals surface area (Å²) in [7, 11) is 0. The average molecular weight is 382 g/mol. The van der Waals surface area contributed by atoms with Crippen molar-refractivity contribution in [3.63, 3.8) is 0 Å². The summed E-state index contributed by atoms with van der Waals surface area (Å²) in [6.45, 7) is 1.37. The second kappa shape index (κ2) is 11.2. The Morgan fingerprint density at radius 1 is 1.08 bits per heavy atom. The van der Waals surface area contributed by atoms with Crippen LogP contribution in [0.1, 0.15) is 36.0 Å². The van der Waals surface area contributed by atoms with E-state index in [0.717, 1.165) is 31.2 Å². The van der Waals surface area contributed by atoms with Crippen molar-refractivity contribution in [2.24, 2.45) is 11.5 Å². The van der Waals surface area contributed by atoms with Crippen LogP contribution < -0.4 is 16.8 Å². The van der Waals surface area contributed by atoms with E-state index in [-0.39, 0.29) is 24.9 Å². The average Bonchev–Trinajstić information content (AvgIpc) is 3.09. The number of rotatable bonds is 10. The molecule has 10 heteroatoms. The summed E-state index contributed by atoms with van der Waals surface area (Å²) in [4.78, 5) is 23.6. The van der Waals surface area contributed by atoms with Crippen molar-refractivity contribution in [2.45, 2.75) is 32.2 Å². The number of nitrogens with one attached hydrogen (secondary N) is 1. The van der Waals surface area contributed by atoms with E-state index in [1.165, 1.54) is 0 Å². The third-order valence-corrected chi connectivity index (χ3v) is 3.67. The number of nitrogens with two attached hydrogens (primary N) is 2. The quantitative estimate of drug-likeness (QED) is 0.511. The highest BCUT2D eigenvalue weighted by Crippen LogP contribution is 2.14. The van der Waals surface area contributed by atoms with Gasteiger partial charge in [0.15, 0.2) is 0 Å². The van der Waals surface area contributed by atoms with Crippen LogP contribution in [0.15, 0.2) is 24.3 Å². The molecular formula is C16H24ClN7O2. The van der Waals surface area contributed by atoms with E-state index in [1.807, 2.05) is 0 Å². The van der Waals surface area contributed by atoms with E-state index in [2.05, 4.69) is 20.7 Å². The van der Waals surface area contributed by atoms with Gasteiger partial charge >= 0.3 is 0 Å². The van der Waals surface area contributed by atoms with Crippen LogP contribution >= 0.6 is 12.4 Å². The Hall–Kier alpha value is -2.52. The number of amides is 2. The summed E-state index contributed by atoms with van der Waals surface area (Å²) < 4.78 is 0. The monoisotopic (exact) mass is 381 g/mol. The Labute approximate surface area is 157 Å². The highest BCUT2D eigenvalue weighted by molar-refractivity contribution is 5.93. The van der Waals surface area contributed by atoms with Crippen LogP contribution in [0.5, 0.6) is 0 Å². The van der Waals surface area contributed by atoms with Gasteiger partial charge in [-0.2, -0.15) is 4.80 Å². The predicted octanol–water partition coefficient (Wildman–Crippen LogP) is 0.496. The first kappa shape index (κ1) is 21.5. The van der Waals surface area contributed by atoms with Crippen molar-refractivity contribution >= 4 is 24.2 Å². The first-order valence-corrected chi connectivity index (χ1v) is 8.25. The Kier molecular flexibility index (Phi) is 9.24. The second-order valence-corrected chi connectivity index (χ2v) is 5.62. The molecule has 2 aromatic rings. The van der Waals surface area contributed by atoms with Crippen LogP contribution in [-0.2, 0) is 11.3 Å². The van der Waals surface area contributed by atoms with Crippen LogP contribution in [-0.4, -0.2) is 45.1 Å². The molecule has 1 aromatic heterocycles. The van der Waals surface area contributed by atoms with Crippen LogP contribution in [0.4, 0.5) is 0 Å². The topological polar surface area (TPSA) is 142 Å². The number of carbonyl (C=O) groups excluding carboxylic acids is 2. The number of tetrazole rings is 1. The van der Waals surface area contributed by atoms with Gasteiger partial charge in [0, 0.05) is 17.7 Å². The third kappa shape index (κ3) is 6.77. The molecule has 5 N–H and O–H groups in total. The van der Waals surface area contributed by atoms with Gasteiger partial charge in [0.1, 0.15) is 0 Å². The first-order valence-electron chi connectivity index (χ1n) is 8.25. The zero-order chi connectivity index (χ0) is 18.1. The Morgan fingerprint density at radius 2 is 1.77 bits per heavy atom. The minimum absolute atomic E-state index is 0. The van der Waals surface area contributed by atoms with Crippen LogP contribution in [0.2, 0.25) is 0 Å². The molecule has 0 fully saturated rings. The lowest BCUT2D eigenvalue weighted by Crippen LogP contribution is -2.30. The van der Waals surface area contributed by atoms with E-state index < -0.39 is 5.91 Å². The summed E-state index contributed by atoms with van der Waals surface area (Å²) in [5, 5.41) is 15.1. The van der Waals surface area contributed by atoms with Gasteiger partial charge in [-0.3, -0.25) is 9.59 Å². The third-order valence-electron chi connectivity index (χ3n) is 3.67. The lowest BCUT2D eigenvalue weighted by molar-refractivity contribution is -0.119. The lowest BCUT2D eigenvalue weighted by atomic mass is 10.1. The van der Waals surface area contributed by atoms with Crippen LogP contribution in [0.25, 0.3) is 11.4 Å². The number of hydrogen-bond donors (Lipinski definition) is 3. The molecule has 0 saturated heterocycles. The van der Waals surface area contributed by atoms with Gasteiger partial charge in [0.2, 0.25) is 17.6 Å². The summed E-state index contributed by atoms with van der Waals surface area (Å²) in [6.07, 6.45) is 3.89. The van der Waals surface area contributed by atoms with Gasteiger partial charge in [-0.1, -0.05) is 25.0 Å². The summed E-state index contributed by atoms with van der Waals surface area (Å²) in [5.41, 5.74) is 11.6. The number of benzene rings is 1. The molecular weight excluding hydrogens is 358 g/mol. The van der Waals surface area contributed by atoms with Gasteiger partial charge in [-0.05, 0) is 30.2 Å². The number of nitrogens with zero attached hydrogens (tertiary/aromatic N) is 4. The number of unbranched alkanes of at least 4 members (excludes halogenated alkanes) is 3. The number of aryl methyl sites for hydroxylation is 1. The van der Waals surface area contributed by atoms with E-state index in [1.54, 1.807) is 29.1 Å². The fraction of sp³-hybridized carbons (Fsp3) is 0.438. The molecule has 0 atom stereocenters. The van der Waals surface area contributed by atoms with Gasteiger partial charge in [-0.25, -0.2) is 0 Å². The number of carbonyl (C=O) groups is 2. The molecule has 0 saturated carbocycles. The molecule has 2 rings (SSSR count). The molecule has 9 nitrogen and oxygen atoms in total. The van der Waals surface area contributed by atoms with Crippen LogP contribution in [0, 0.1) is 0 Å². The van der Waals surface area contributed by atoms with Crippen LogP contribution in [0.3, 0.4) is 0 Å². The maximum Gasteiger partial charge on any atom is 0.248 e. The predicted molar refractivity (Wildman–Crippen MR) is 99.6 cm³/mol. The van der Waals surface area contributed by atoms with Gasteiger partial charge in [0.25, 0.3) is 0 Å². The van der Waals surface area contributed by atoms with Crippen molar-refractivity contribution in [2.75, 3.05) is 13.1 Å². The van der Waals surface area contributed by atoms with E-state index in [0.29, 0.717) is 24.5 Å². The van der Waals surface area contributed by atoms with E-state index in [4.69, 9.17) is 11.5 Å². The summed E-state index contributed by atoms with van der Waals surface area (Å²) in [5.74, 6) is -0.0746. The maximum atomic E-state index is 11.1. The molecule has 2 amide bonds. The number of aromatic nitrogens is 4. The minimum atomic E-state index is -0.467.